The van der Waals surface area contributed by atoms with Crippen molar-refractivity contribution in [1.82, 2.24) is 9.78 Å². The molecule has 0 aliphatic rings. The Morgan fingerprint density at radius 3 is 2.72 bits per heavy atom. The van der Waals surface area contributed by atoms with Crippen LogP contribution in [0.5, 0.6) is 5.75 Å². The molecule has 0 saturated heterocycles. The number of hydrogen-bond acceptors (Lipinski definition) is 2. The van der Waals surface area contributed by atoms with Crippen molar-refractivity contribution in [2.45, 2.75) is 20.0 Å². The SMILES string of the molecule is CCc1nn(C)c(COc2ccccc2I)c1Br. The largest absolute Gasteiger partial charge is 0.486 e. The summed E-state index contributed by atoms with van der Waals surface area (Å²) in [4.78, 5) is 0. The summed E-state index contributed by atoms with van der Waals surface area (Å²) in [6.45, 7) is 2.61. The van der Waals surface area contributed by atoms with Crippen LogP contribution >= 0.6 is 38.5 Å². The summed E-state index contributed by atoms with van der Waals surface area (Å²) in [7, 11) is 1.94. The normalized spacial score (nSPS) is 10.7. The average molecular weight is 421 g/mol. The molecule has 0 radical (unpaired) electrons. The third kappa shape index (κ3) is 2.88. The third-order valence-corrected chi connectivity index (χ3v) is 4.51. The first kappa shape index (κ1) is 13.9. The number of rotatable bonds is 4. The lowest BCUT2D eigenvalue weighted by Gasteiger charge is -2.08. The van der Waals surface area contributed by atoms with E-state index in [-0.39, 0.29) is 0 Å². The van der Waals surface area contributed by atoms with Gasteiger partial charge in [-0.05, 0) is 57.1 Å². The smallest absolute Gasteiger partial charge is 0.133 e. The molecular formula is C13H14BrIN2O. The van der Waals surface area contributed by atoms with E-state index in [1.165, 1.54) is 0 Å². The predicted octanol–water partition coefficient (Wildman–Crippen LogP) is 3.93. The fourth-order valence-electron chi connectivity index (χ4n) is 1.68. The molecule has 0 spiro atoms. The van der Waals surface area contributed by atoms with Gasteiger partial charge in [0.25, 0.3) is 0 Å². The molecule has 1 aromatic carbocycles. The van der Waals surface area contributed by atoms with Crippen molar-refractivity contribution in [3.05, 3.63) is 43.7 Å². The van der Waals surface area contributed by atoms with E-state index in [9.17, 15) is 0 Å². The van der Waals surface area contributed by atoms with Gasteiger partial charge in [-0.25, -0.2) is 0 Å². The minimum Gasteiger partial charge on any atom is -0.486 e. The van der Waals surface area contributed by atoms with Gasteiger partial charge in [0.05, 0.1) is 19.4 Å². The fraction of sp³-hybridized carbons (Fsp3) is 0.308. The van der Waals surface area contributed by atoms with Crippen LogP contribution in [0.3, 0.4) is 0 Å². The lowest BCUT2D eigenvalue weighted by Crippen LogP contribution is -2.04. The Balaban J connectivity index is 2.16. The zero-order valence-corrected chi connectivity index (χ0v) is 14.0. The molecule has 0 unspecified atom stereocenters. The second-order valence-corrected chi connectivity index (χ2v) is 5.86. The standard InChI is InChI=1S/C13H14BrIN2O/c1-3-10-13(14)11(17(2)16-10)8-18-12-7-5-4-6-9(12)15/h4-7H,3,8H2,1-2H3. The van der Waals surface area contributed by atoms with Crippen molar-refractivity contribution in [2.75, 3.05) is 0 Å². The van der Waals surface area contributed by atoms with Gasteiger partial charge in [0.2, 0.25) is 0 Å². The van der Waals surface area contributed by atoms with Crippen LogP contribution in [0.25, 0.3) is 0 Å². The molecular weight excluding hydrogens is 407 g/mol. The Kier molecular flexibility index (Phi) is 4.66. The van der Waals surface area contributed by atoms with E-state index in [1.54, 1.807) is 0 Å². The second kappa shape index (κ2) is 6.06. The molecule has 18 heavy (non-hydrogen) atoms. The Morgan fingerprint density at radius 2 is 2.11 bits per heavy atom. The number of hydrogen-bond donors (Lipinski definition) is 0. The Bertz CT molecular complexity index is 554. The molecule has 2 aromatic rings. The molecule has 1 aromatic heterocycles. The molecule has 0 saturated carbocycles. The van der Waals surface area contributed by atoms with Crippen molar-refractivity contribution in [1.29, 1.82) is 0 Å². The van der Waals surface area contributed by atoms with Gasteiger partial charge in [0, 0.05) is 7.05 Å². The second-order valence-electron chi connectivity index (χ2n) is 3.90. The number of nitrogens with zero attached hydrogens (tertiary/aromatic N) is 2. The van der Waals surface area contributed by atoms with Crippen LogP contribution in [0.1, 0.15) is 18.3 Å². The first-order valence-electron chi connectivity index (χ1n) is 5.71. The summed E-state index contributed by atoms with van der Waals surface area (Å²) in [5.41, 5.74) is 2.13. The summed E-state index contributed by atoms with van der Waals surface area (Å²) in [5.74, 6) is 0.907. The van der Waals surface area contributed by atoms with E-state index in [1.807, 2.05) is 36.0 Å². The van der Waals surface area contributed by atoms with Crippen LogP contribution < -0.4 is 4.74 Å². The van der Waals surface area contributed by atoms with Crippen molar-refractivity contribution in [3.63, 3.8) is 0 Å². The van der Waals surface area contributed by atoms with Gasteiger partial charge in [-0.15, -0.1) is 0 Å². The third-order valence-electron chi connectivity index (χ3n) is 2.70. The van der Waals surface area contributed by atoms with E-state index >= 15 is 0 Å². The maximum Gasteiger partial charge on any atom is 0.133 e. The monoisotopic (exact) mass is 420 g/mol. The van der Waals surface area contributed by atoms with Crippen LogP contribution in [0.2, 0.25) is 0 Å². The lowest BCUT2D eigenvalue weighted by atomic mass is 10.3. The zero-order valence-electron chi connectivity index (χ0n) is 10.3. The molecule has 1 heterocycles. The minimum atomic E-state index is 0.518. The Labute approximate surface area is 129 Å². The molecule has 96 valence electrons. The van der Waals surface area contributed by atoms with Gasteiger partial charge in [0.15, 0.2) is 0 Å². The van der Waals surface area contributed by atoms with Gasteiger partial charge < -0.3 is 4.74 Å². The molecule has 0 aliphatic carbocycles. The van der Waals surface area contributed by atoms with E-state index in [0.717, 1.165) is 31.6 Å². The van der Waals surface area contributed by atoms with Crippen LogP contribution in [-0.4, -0.2) is 9.78 Å². The van der Waals surface area contributed by atoms with E-state index in [0.29, 0.717) is 6.61 Å². The van der Waals surface area contributed by atoms with Crippen LogP contribution in [-0.2, 0) is 20.1 Å². The highest BCUT2D eigenvalue weighted by atomic mass is 127. The predicted molar refractivity (Wildman–Crippen MR) is 83.8 cm³/mol. The van der Waals surface area contributed by atoms with Gasteiger partial charge in [-0.2, -0.15) is 5.10 Å². The van der Waals surface area contributed by atoms with Gasteiger partial charge >= 0.3 is 0 Å². The highest BCUT2D eigenvalue weighted by Crippen LogP contribution is 2.25. The number of benzene rings is 1. The van der Waals surface area contributed by atoms with E-state index < -0.39 is 0 Å². The van der Waals surface area contributed by atoms with E-state index in [2.05, 4.69) is 50.5 Å². The first-order valence-corrected chi connectivity index (χ1v) is 7.58. The minimum absolute atomic E-state index is 0.518. The maximum absolute atomic E-state index is 5.84. The molecule has 0 fully saturated rings. The quantitative estimate of drug-likeness (QED) is 0.700. The molecule has 3 nitrogen and oxygen atoms in total. The molecule has 0 amide bonds. The Hall–Kier alpha value is -0.560. The molecule has 2 rings (SSSR count). The number of ether oxygens (including phenoxy) is 1. The Morgan fingerprint density at radius 1 is 1.39 bits per heavy atom. The zero-order chi connectivity index (χ0) is 13.1. The van der Waals surface area contributed by atoms with Crippen LogP contribution in [0.15, 0.2) is 28.7 Å². The summed E-state index contributed by atoms with van der Waals surface area (Å²) in [5, 5.41) is 4.45. The molecule has 0 aliphatic heterocycles. The van der Waals surface area contributed by atoms with Crippen molar-refractivity contribution < 1.29 is 4.74 Å². The molecule has 0 N–H and O–H groups in total. The lowest BCUT2D eigenvalue weighted by molar-refractivity contribution is 0.292. The summed E-state index contributed by atoms with van der Waals surface area (Å²) in [6.07, 6.45) is 0.914. The highest BCUT2D eigenvalue weighted by Gasteiger charge is 2.13. The van der Waals surface area contributed by atoms with Crippen molar-refractivity contribution >= 4 is 38.5 Å². The van der Waals surface area contributed by atoms with Crippen molar-refractivity contribution in [2.24, 2.45) is 7.05 Å². The van der Waals surface area contributed by atoms with Gasteiger partial charge in [-0.1, -0.05) is 19.1 Å². The van der Waals surface area contributed by atoms with Gasteiger partial charge in [-0.3, -0.25) is 4.68 Å². The van der Waals surface area contributed by atoms with E-state index in [4.69, 9.17) is 4.74 Å². The number of aromatic nitrogens is 2. The average Bonchev–Trinajstić information content (AvgIpc) is 2.64. The number of halogens is 2. The molecule has 0 bridgehead atoms. The fourth-order valence-corrected chi connectivity index (χ4v) is 2.96. The van der Waals surface area contributed by atoms with Gasteiger partial charge in [0.1, 0.15) is 12.4 Å². The molecule has 5 heteroatoms. The number of para-hydroxylation sites is 1. The number of aryl methyl sites for hydroxylation is 2. The summed E-state index contributed by atoms with van der Waals surface area (Å²) < 4.78 is 9.89. The van der Waals surface area contributed by atoms with Crippen molar-refractivity contribution in [3.8, 4) is 5.75 Å². The summed E-state index contributed by atoms with van der Waals surface area (Å²) in [6, 6.07) is 8.00. The topological polar surface area (TPSA) is 27.1 Å². The molecule has 0 atom stereocenters. The summed E-state index contributed by atoms with van der Waals surface area (Å²) >= 11 is 5.86. The highest BCUT2D eigenvalue weighted by molar-refractivity contribution is 14.1. The van der Waals surface area contributed by atoms with Crippen LogP contribution in [0.4, 0.5) is 0 Å². The first-order chi connectivity index (χ1) is 8.63. The maximum atomic E-state index is 5.84. The van der Waals surface area contributed by atoms with Crippen LogP contribution in [0, 0.1) is 3.57 Å².